The predicted octanol–water partition coefficient (Wildman–Crippen LogP) is 0.0999. The van der Waals surface area contributed by atoms with E-state index in [0.717, 1.165) is 0 Å². The molecule has 0 bridgehead atoms. The highest BCUT2D eigenvalue weighted by Gasteiger charge is 2.22. The Balaban J connectivity index is 2.18. The zero-order valence-corrected chi connectivity index (χ0v) is 12.7. The molecule has 1 aliphatic heterocycles. The summed E-state index contributed by atoms with van der Waals surface area (Å²) in [6, 6.07) is 4.18. The van der Waals surface area contributed by atoms with Crippen LogP contribution in [-0.2, 0) is 14.8 Å². The van der Waals surface area contributed by atoms with Crippen LogP contribution in [0, 0.1) is 0 Å². The number of nitrogens with one attached hydrogen (secondary N) is 1. The van der Waals surface area contributed by atoms with Crippen molar-refractivity contribution in [3.63, 3.8) is 0 Å². The van der Waals surface area contributed by atoms with Gasteiger partial charge >= 0.3 is 0 Å². The Morgan fingerprint density at radius 3 is 2.71 bits per heavy atom. The van der Waals surface area contributed by atoms with Gasteiger partial charge in [-0.25, -0.2) is 13.1 Å². The number of ether oxygens (including phenoxy) is 3. The largest absolute Gasteiger partial charge is 0.486 e. The van der Waals surface area contributed by atoms with Gasteiger partial charge < -0.3 is 19.9 Å². The van der Waals surface area contributed by atoms with Crippen molar-refractivity contribution in [3.8, 4) is 11.5 Å². The first kappa shape index (κ1) is 16.0. The maximum Gasteiger partial charge on any atom is 0.241 e. The zero-order valence-electron chi connectivity index (χ0n) is 11.9. The Morgan fingerprint density at radius 1 is 1.33 bits per heavy atom. The average Bonchev–Trinajstić information content (AvgIpc) is 2.47. The van der Waals surface area contributed by atoms with Gasteiger partial charge in [0.05, 0.1) is 11.5 Å². The number of nitrogens with two attached hydrogens (primary N) is 1. The Hall–Kier alpha value is -1.35. The SMILES string of the molecule is COCC(CCN)NS(=O)(=O)c1ccc2c(c1)OCCO2. The zero-order chi connectivity index (χ0) is 15.3. The molecule has 0 amide bonds. The molecule has 0 saturated heterocycles. The third kappa shape index (κ3) is 4.07. The lowest BCUT2D eigenvalue weighted by Crippen LogP contribution is -2.39. The molecule has 3 N–H and O–H groups in total. The summed E-state index contributed by atoms with van der Waals surface area (Å²) in [5, 5.41) is 0. The van der Waals surface area contributed by atoms with Gasteiger partial charge in [-0.3, -0.25) is 0 Å². The molecule has 8 heteroatoms. The summed E-state index contributed by atoms with van der Waals surface area (Å²) in [7, 11) is -2.14. The molecule has 0 spiro atoms. The van der Waals surface area contributed by atoms with Crippen molar-refractivity contribution in [3.05, 3.63) is 18.2 Å². The van der Waals surface area contributed by atoms with E-state index in [4.69, 9.17) is 19.9 Å². The van der Waals surface area contributed by atoms with Crippen LogP contribution in [0.2, 0.25) is 0 Å². The van der Waals surface area contributed by atoms with Crippen molar-refractivity contribution in [1.82, 2.24) is 4.72 Å². The smallest absolute Gasteiger partial charge is 0.241 e. The summed E-state index contributed by atoms with van der Waals surface area (Å²) >= 11 is 0. The van der Waals surface area contributed by atoms with E-state index in [0.29, 0.717) is 37.7 Å². The van der Waals surface area contributed by atoms with Crippen molar-refractivity contribution in [1.29, 1.82) is 0 Å². The molecule has 0 fully saturated rings. The van der Waals surface area contributed by atoms with Crippen LogP contribution < -0.4 is 19.9 Å². The Labute approximate surface area is 124 Å². The number of fused-ring (bicyclic) bond motifs is 1. The highest BCUT2D eigenvalue weighted by Crippen LogP contribution is 2.32. The van der Waals surface area contributed by atoms with Crippen molar-refractivity contribution in [2.24, 2.45) is 5.73 Å². The first-order chi connectivity index (χ1) is 10.1. The third-order valence-electron chi connectivity index (χ3n) is 3.03. The van der Waals surface area contributed by atoms with E-state index in [2.05, 4.69) is 4.72 Å². The summed E-state index contributed by atoms with van der Waals surface area (Å²) in [4.78, 5) is 0.130. The number of methoxy groups -OCH3 is 1. The lowest BCUT2D eigenvalue weighted by molar-refractivity contribution is 0.170. The van der Waals surface area contributed by atoms with E-state index < -0.39 is 10.0 Å². The van der Waals surface area contributed by atoms with Crippen molar-refractivity contribution in [2.45, 2.75) is 17.4 Å². The van der Waals surface area contributed by atoms with E-state index in [1.807, 2.05) is 0 Å². The second-order valence-corrected chi connectivity index (χ2v) is 6.37. The van der Waals surface area contributed by atoms with Gasteiger partial charge in [-0.2, -0.15) is 0 Å². The van der Waals surface area contributed by atoms with Crippen LogP contribution in [0.5, 0.6) is 11.5 Å². The van der Waals surface area contributed by atoms with Crippen LogP contribution in [0.3, 0.4) is 0 Å². The van der Waals surface area contributed by atoms with Crippen LogP contribution in [0.4, 0.5) is 0 Å². The molecule has 0 aliphatic carbocycles. The first-order valence-corrected chi connectivity index (χ1v) is 8.16. The molecule has 118 valence electrons. The van der Waals surface area contributed by atoms with Crippen LogP contribution in [0.15, 0.2) is 23.1 Å². The van der Waals surface area contributed by atoms with Crippen LogP contribution in [0.25, 0.3) is 0 Å². The molecule has 1 heterocycles. The van der Waals surface area contributed by atoms with E-state index in [1.54, 1.807) is 6.07 Å². The summed E-state index contributed by atoms with van der Waals surface area (Å²) in [6.45, 7) is 1.51. The minimum atomic E-state index is -3.66. The van der Waals surface area contributed by atoms with Crippen LogP contribution in [-0.4, -0.2) is 47.9 Å². The van der Waals surface area contributed by atoms with Crippen molar-refractivity contribution >= 4 is 10.0 Å². The molecule has 0 saturated carbocycles. The number of sulfonamides is 1. The summed E-state index contributed by atoms with van der Waals surface area (Å²) < 4.78 is 43.1. The number of benzene rings is 1. The molecule has 1 aromatic rings. The second-order valence-electron chi connectivity index (χ2n) is 4.66. The van der Waals surface area contributed by atoms with Gasteiger partial charge in [-0.15, -0.1) is 0 Å². The number of rotatable bonds is 7. The Morgan fingerprint density at radius 2 is 2.05 bits per heavy atom. The Kier molecular flexibility index (Phi) is 5.40. The highest BCUT2D eigenvalue weighted by molar-refractivity contribution is 7.89. The maximum absolute atomic E-state index is 12.4. The normalized spacial score (nSPS) is 15.7. The van der Waals surface area contributed by atoms with E-state index >= 15 is 0 Å². The van der Waals surface area contributed by atoms with Crippen LogP contribution in [0.1, 0.15) is 6.42 Å². The fraction of sp³-hybridized carbons (Fsp3) is 0.538. The highest BCUT2D eigenvalue weighted by atomic mass is 32.2. The average molecular weight is 316 g/mol. The maximum atomic E-state index is 12.4. The fourth-order valence-corrected chi connectivity index (χ4v) is 3.33. The van der Waals surface area contributed by atoms with Gasteiger partial charge in [0.15, 0.2) is 11.5 Å². The molecule has 0 radical (unpaired) electrons. The van der Waals surface area contributed by atoms with E-state index in [9.17, 15) is 8.42 Å². The molecule has 21 heavy (non-hydrogen) atoms. The quantitative estimate of drug-likeness (QED) is 0.740. The monoisotopic (exact) mass is 316 g/mol. The second kappa shape index (κ2) is 7.08. The molecule has 1 aliphatic rings. The lowest BCUT2D eigenvalue weighted by Gasteiger charge is -2.20. The minimum absolute atomic E-state index is 0.130. The van der Waals surface area contributed by atoms with Gasteiger partial charge in [0.25, 0.3) is 0 Å². The Bertz CT molecular complexity index is 570. The molecule has 2 rings (SSSR count). The van der Waals surface area contributed by atoms with Gasteiger partial charge in [-0.1, -0.05) is 0 Å². The number of hydrogen-bond acceptors (Lipinski definition) is 6. The molecule has 7 nitrogen and oxygen atoms in total. The third-order valence-corrected chi connectivity index (χ3v) is 4.55. The lowest BCUT2D eigenvalue weighted by atomic mass is 10.2. The molecular weight excluding hydrogens is 296 g/mol. The van der Waals surface area contributed by atoms with Crippen molar-refractivity contribution in [2.75, 3.05) is 33.5 Å². The molecular formula is C13H20N2O5S. The standard InChI is InChI=1S/C13H20N2O5S/c1-18-9-10(4-5-14)15-21(16,17)11-2-3-12-13(8-11)20-7-6-19-12/h2-3,8,10,15H,4-7,9,14H2,1H3. The fourth-order valence-electron chi connectivity index (χ4n) is 2.06. The van der Waals surface area contributed by atoms with Crippen molar-refractivity contribution < 1.29 is 22.6 Å². The molecule has 1 aromatic carbocycles. The van der Waals surface area contributed by atoms with Gasteiger partial charge in [0.2, 0.25) is 10.0 Å². The molecule has 0 aromatic heterocycles. The van der Waals surface area contributed by atoms with E-state index in [-0.39, 0.29) is 17.5 Å². The van der Waals surface area contributed by atoms with Gasteiger partial charge in [0.1, 0.15) is 13.2 Å². The van der Waals surface area contributed by atoms with Gasteiger partial charge in [-0.05, 0) is 25.1 Å². The predicted molar refractivity (Wildman–Crippen MR) is 77.1 cm³/mol. The van der Waals surface area contributed by atoms with Crippen LogP contribution >= 0.6 is 0 Å². The minimum Gasteiger partial charge on any atom is -0.486 e. The summed E-state index contributed by atoms with van der Waals surface area (Å²) in [5.74, 6) is 0.988. The molecule has 1 atom stereocenters. The summed E-state index contributed by atoms with van der Waals surface area (Å²) in [5.41, 5.74) is 5.48. The first-order valence-electron chi connectivity index (χ1n) is 6.68. The summed E-state index contributed by atoms with van der Waals surface area (Å²) in [6.07, 6.45) is 0.498. The van der Waals surface area contributed by atoms with Gasteiger partial charge in [0, 0.05) is 19.2 Å². The topological polar surface area (TPSA) is 99.9 Å². The molecule has 1 unspecified atom stereocenters. The van der Waals surface area contributed by atoms with E-state index in [1.165, 1.54) is 19.2 Å². The number of hydrogen-bond donors (Lipinski definition) is 2.